The van der Waals surface area contributed by atoms with Crippen LogP contribution in [0.15, 0.2) is 55.2 Å². The first-order valence-electron chi connectivity index (χ1n) is 6.51. The standard InChI is InChI=1S/C16H14FN3O/c1-21-16-8-13(17)3-4-14(16)15-5-2-12(9-19-15)10-20-7-6-18-11-20/h2-9,11H,10H2,1H3. The number of hydrogen-bond acceptors (Lipinski definition) is 3. The molecule has 2 aromatic heterocycles. The van der Waals surface area contributed by atoms with Gasteiger partial charge in [-0.3, -0.25) is 4.98 Å². The molecule has 0 bridgehead atoms. The van der Waals surface area contributed by atoms with Crippen LogP contribution in [0.4, 0.5) is 4.39 Å². The number of halogens is 1. The average molecular weight is 283 g/mol. The zero-order valence-electron chi connectivity index (χ0n) is 11.5. The molecule has 21 heavy (non-hydrogen) atoms. The molecule has 3 aromatic rings. The van der Waals surface area contributed by atoms with Gasteiger partial charge >= 0.3 is 0 Å². The fraction of sp³-hybridized carbons (Fsp3) is 0.125. The smallest absolute Gasteiger partial charge is 0.131 e. The van der Waals surface area contributed by atoms with Gasteiger partial charge in [-0.1, -0.05) is 6.07 Å². The van der Waals surface area contributed by atoms with Crippen LogP contribution in [0.1, 0.15) is 5.56 Å². The molecular formula is C16H14FN3O. The van der Waals surface area contributed by atoms with Crippen molar-refractivity contribution in [3.05, 3.63) is 66.6 Å². The number of benzene rings is 1. The SMILES string of the molecule is COc1cc(F)ccc1-c1ccc(Cn2ccnc2)cn1. The zero-order chi connectivity index (χ0) is 14.7. The van der Waals surface area contributed by atoms with E-state index < -0.39 is 0 Å². The van der Waals surface area contributed by atoms with E-state index in [0.29, 0.717) is 12.3 Å². The molecular weight excluding hydrogens is 269 g/mol. The minimum absolute atomic E-state index is 0.327. The number of nitrogens with zero attached hydrogens (tertiary/aromatic N) is 3. The van der Waals surface area contributed by atoms with E-state index in [-0.39, 0.29) is 5.82 Å². The number of rotatable bonds is 4. The number of aromatic nitrogens is 3. The summed E-state index contributed by atoms with van der Waals surface area (Å²) in [5.74, 6) is 0.150. The van der Waals surface area contributed by atoms with E-state index >= 15 is 0 Å². The summed E-state index contributed by atoms with van der Waals surface area (Å²) in [7, 11) is 1.52. The Hall–Kier alpha value is -2.69. The van der Waals surface area contributed by atoms with Crippen molar-refractivity contribution in [3.8, 4) is 17.0 Å². The molecule has 0 spiro atoms. The summed E-state index contributed by atoms with van der Waals surface area (Å²) in [4.78, 5) is 8.44. The van der Waals surface area contributed by atoms with Gasteiger partial charge in [0.15, 0.2) is 0 Å². The summed E-state index contributed by atoms with van der Waals surface area (Å²) in [5, 5.41) is 0. The molecule has 1 aromatic carbocycles. The van der Waals surface area contributed by atoms with Crippen LogP contribution in [0.2, 0.25) is 0 Å². The first-order valence-corrected chi connectivity index (χ1v) is 6.51. The molecule has 0 aliphatic rings. The Morgan fingerprint density at radius 1 is 1.24 bits per heavy atom. The minimum atomic E-state index is -0.327. The summed E-state index contributed by atoms with van der Waals surface area (Å²) in [6.07, 6.45) is 7.21. The number of hydrogen-bond donors (Lipinski definition) is 0. The second-order valence-electron chi connectivity index (χ2n) is 4.63. The van der Waals surface area contributed by atoms with Crippen LogP contribution in [-0.4, -0.2) is 21.6 Å². The van der Waals surface area contributed by atoms with Crippen molar-refractivity contribution >= 4 is 0 Å². The lowest BCUT2D eigenvalue weighted by molar-refractivity contribution is 0.413. The van der Waals surface area contributed by atoms with E-state index in [1.54, 1.807) is 24.8 Å². The molecule has 0 fully saturated rings. The van der Waals surface area contributed by atoms with E-state index in [1.165, 1.54) is 19.2 Å². The van der Waals surface area contributed by atoms with Crippen molar-refractivity contribution < 1.29 is 9.13 Å². The fourth-order valence-corrected chi connectivity index (χ4v) is 2.15. The molecule has 0 atom stereocenters. The van der Waals surface area contributed by atoms with Gasteiger partial charge < -0.3 is 9.30 Å². The van der Waals surface area contributed by atoms with Crippen molar-refractivity contribution in [2.24, 2.45) is 0 Å². The van der Waals surface area contributed by atoms with Crippen molar-refractivity contribution in [1.29, 1.82) is 0 Å². The molecule has 0 amide bonds. The molecule has 5 heteroatoms. The Labute approximate surface area is 121 Å². The van der Waals surface area contributed by atoms with Crippen LogP contribution in [0.25, 0.3) is 11.3 Å². The molecule has 0 saturated carbocycles. The van der Waals surface area contributed by atoms with Gasteiger partial charge in [0, 0.05) is 36.8 Å². The second kappa shape index (κ2) is 5.75. The predicted molar refractivity (Wildman–Crippen MR) is 77.5 cm³/mol. The van der Waals surface area contributed by atoms with Crippen molar-refractivity contribution in [2.45, 2.75) is 6.54 Å². The lowest BCUT2D eigenvalue weighted by Crippen LogP contribution is -1.98. The number of methoxy groups -OCH3 is 1. The summed E-state index contributed by atoms with van der Waals surface area (Å²) >= 11 is 0. The maximum atomic E-state index is 13.2. The monoisotopic (exact) mass is 283 g/mol. The van der Waals surface area contributed by atoms with Gasteiger partial charge in [0.2, 0.25) is 0 Å². The minimum Gasteiger partial charge on any atom is -0.496 e. The Morgan fingerprint density at radius 3 is 2.81 bits per heavy atom. The van der Waals surface area contributed by atoms with Gasteiger partial charge in [0.25, 0.3) is 0 Å². The Kier molecular flexibility index (Phi) is 3.64. The Morgan fingerprint density at radius 2 is 2.14 bits per heavy atom. The molecule has 0 aliphatic carbocycles. The highest BCUT2D eigenvalue weighted by atomic mass is 19.1. The molecule has 3 rings (SSSR count). The van der Waals surface area contributed by atoms with Crippen molar-refractivity contribution in [3.63, 3.8) is 0 Å². The molecule has 106 valence electrons. The Bertz CT molecular complexity index is 724. The van der Waals surface area contributed by atoms with Gasteiger partial charge in [0.1, 0.15) is 11.6 Å². The van der Waals surface area contributed by atoms with Gasteiger partial charge in [-0.05, 0) is 23.8 Å². The summed E-state index contributed by atoms with van der Waals surface area (Å²) in [6, 6.07) is 8.33. The van der Waals surface area contributed by atoms with Gasteiger partial charge in [-0.15, -0.1) is 0 Å². The third-order valence-electron chi connectivity index (χ3n) is 3.19. The van der Waals surface area contributed by atoms with E-state index in [0.717, 1.165) is 16.8 Å². The molecule has 0 N–H and O–H groups in total. The zero-order valence-corrected chi connectivity index (χ0v) is 11.5. The quantitative estimate of drug-likeness (QED) is 0.738. The van der Waals surface area contributed by atoms with Crippen LogP contribution >= 0.6 is 0 Å². The molecule has 0 unspecified atom stereocenters. The highest BCUT2D eigenvalue weighted by molar-refractivity contribution is 5.67. The van der Waals surface area contributed by atoms with Crippen molar-refractivity contribution in [1.82, 2.24) is 14.5 Å². The third-order valence-corrected chi connectivity index (χ3v) is 3.19. The number of ether oxygens (including phenoxy) is 1. The molecule has 0 aliphatic heterocycles. The largest absolute Gasteiger partial charge is 0.496 e. The predicted octanol–water partition coefficient (Wildman–Crippen LogP) is 3.14. The Balaban J connectivity index is 1.87. The van der Waals surface area contributed by atoms with Crippen LogP contribution in [0.3, 0.4) is 0 Å². The lowest BCUT2D eigenvalue weighted by atomic mass is 10.1. The highest BCUT2D eigenvalue weighted by Crippen LogP contribution is 2.29. The fourth-order valence-electron chi connectivity index (χ4n) is 2.15. The van der Waals surface area contributed by atoms with E-state index in [1.807, 2.05) is 22.9 Å². The number of pyridine rings is 1. The van der Waals surface area contributed by atoms with E-state index in [4.69, 9.17) is 4.74 Å². The second-order valence-corrected chi connectivity index (χ2v) is 4.63. The van der Waals surface area contributed by atoms with E-state index in [2.05, 4.69) is 9.97 Å². The maximum Gasteiger partial charge on any atom is 0.131 e. The van der Waals surface area contributed by atoms with Crippen LogP contribution in [-0.2, 0) is 6.54 Å². The first-order chi connectivity index (χ1) is 10.3. The summed E-state index contributed by atoms with van der Waals surface area (Å²) < 4.78 is 20.4. The normalized spacial score (nSPS) is 10.6. The average Bonchev–Trinajstić information content (AvgIpc) is 3.01. The highest BCUT2D eigenvalue weighted by Gasteiger charge is 2.08. The van der Waals surface area contributed by atoms with Gasteiger partial charge in [-0.2, -0.15) is 0 Å². The van der Waals surface area contributed by atoms with E-state index in [9.17, 15) is 4.39 Å². The summed E-state index contributed by atoms with van der Waals surface area (Å²) in [6.45, 7) is 0.716. The maximum absolute atomic E-state index is 13.2. The van der Waals surface area contributed by atoms with Gasteiger partial charge in [0.05, 0.1) is 19.1 Å². The summed E-state index contributed by atoms with van der Waals surface area (Å²) in [5.41, 5.74) is 2.59. The molecule has 0 saturated heterocycles. The molecule has 4 nitrogen and oxygen atoms in total. The number of imidazole rings is 1. The first kappa shape index (κ1) is 13.3. The molecule has 2 heterocycles. The van der Waals surface area contributed by atoms with Gasteiger partial charge in [-0.25, -0.2) is 9.37 Å². The van der Waals surface area contributed by atoms with Crippen LogP contribution < -0.4 is 4.74 Å². The van der Waals surface area contributed by atoms with Crippen LogP contribution in [0.5, 0.6) is 5.75 Å². The topological polar surface area (TPSA) is 39.9 Å². The lowest BCUT2D eigenvalue weighted by Gasteiger charge is -2.09. The molecule has 0 radical (unpaired) electrons. The van der Waals surface area contributed by atoms with Crippen molar-refractivity contribution in [2.75, 3.05) is 7.11 Å². The third kappa shape index (κ3) is 2.91. The van der Waals surface area contributed by atoms with Crippen LogP contribution in [0, 0.1) is 5.82 Å².